The van der Waals surface area contributed by atoms with Gasteiger partial charge in [-0.2, -0.15) is 0 Å². The lowest BCUT2D eigenvalue weighted by molar-refractivity contribution is -0.163. The van der Waals surface area contributed by atoms with Gasteiger partial charge in [-0.3, -0.25) is 4.90 Å². The van der Waals surface area contributed by atoms with Crippen molar-refractivity contribution in [1.29, 1.82) is 0 Å². The number of likely N-dealkylation sites (N-methyl/N-ethyl adjacent to an activating group) is 1. The topological polar surface area (TPSA) is 138 Å². The number of benzene rings is 4. The molecular formula is C55H58Cl2FN6O7PS. The van der Waals surface area contributed by atoms with Crippen LogP contribution < -0.4 is 18.9 Å². The maximum atomic E-state index is 14.6. The van der Waals surface area contributed by atoms with Gasteiger partial charge in [0.15, 0.2) is 11.6 Å². The lowest BCUT2D eigenvalue weighted by Gasteiger charge is -2.35. The van der Waals surface area contributed by atoms with Gasteiger partial charge in [0.1, 0.15) is 53.4 Å². The second-order valence-corrected chi connectivity index (χ2v) is 25.3. The second kappa shape index (κ2) is 21.7. The van der Waals surface area contributed by atoms with Crippen LogP contribution in [-0.2, 0) is 33.3 Å². The number of nitrogens with zero attached hydrogens (tertiary/aromatic N) is 6. The molecule has 0 amide bonds. The zero-order valence-electron chi connectivity index (χ0n) is 42.1. The number of halogens is 3. The Kier molecular flexibility index (Phi) is 15.5. The van der Waals surface area contributed by atoms with E-state index in [1.807, 2.05) is 50.2 Å². The number of aromatic nitrogens is 4. The standard InChI is InChI=1S/C55H58Cl2FN6O7PS/c1-32-44-33(2)48(57)49(47(32)56)69-41(27-64-22-20-63(6)21-23-64)29-67-40-16-17-42(68-28-39-18-19-59-51(62-39)36-11-9-10-34(24-36)30-72(7,8)66)37(25-40)26-43(54(65)71-55(3,4)5)70-52-46-45(44)50(73-53(46)61-31-60-52)35-12-14-38(58)15-13-35/h9-19,24-25,31,41,43H,20-23,26-30H2,1-8H3/t41-,43-/m1/s1. The Hall–Kier alpha value is -5.67. The summed E-state index contributed by atoms with van der Waals surface area (Å²) in [5.41, 5.74) is 5.42. The molecule has 0 spiro atoms. The van der Waals surface area contributed by atoms with E-state index >= 15 is 0 Å². The van der Waals surface area contributed by atoms with Crippen LogP contribution in [0.1, 0.15) is 48.7 Å². The molecule has 0 unspecified atom stereocenters. The van der Waals surface area contributed by atoms with Gasteiger partial charge < -0.3 is 33.1 Å². The fourth-order valence-electron chi connectivity index (χ4n) is 9.09. The molecule has 0 aliphatic carbocycles. The molecule has 0 radical (unpaired) electrons. The average Bonchev–Trinajstić information content (AvgIpc) is 3.73. The summed E-state index contributed by atoms with van der Waals surface area (Å²) in [6.07, 6.45) is 1.68. The van der Waals surface area contributed by atoms with Crippen molar-refractivity contribution in [3.63, 3.8) is 0 Å². The highest BCUT2D eigenvalue weighted by Gasteiger charge is 2.34. The normalized spacial score (nSPS) is 16.9. The Bertz CT molecular complexity index is 3200. The van der Waals surface area contributed by atoms with Crippen LogP contribution in [0.5, 0.6) is 23.1 Å². The Balaban J connectivity index is 1.17. The van der Waals surface area contributed by atoms with Crippen molar-refractivity contribution in [2.75, 3.05) is 59.7 Å². The van der Waals surface area contributed by atoms with Crippen molar-refractivity contribution in [2.45, 2.75) is 71.6 Å². The van der Waals surface area contributed by atoms with E-state index in [1.54, 1.807) is 64.6 Å². The number of carbonyl (C=O) groups excluding carboxylic acids is 1. The fourth-order valence-corrected chi connectivity index (χ4v) is 11.8. The first-order chi connectivity index (χ1) is 34.8. The van der Waals surface area contributed by atoms with Gasteiger partial charge in [0.25, 0.3) is 0 Å². The molecule has 0 saturated carbocycles. The molecule has 73 heavy (non-hydrogen) atoms. The third-order valence-corrected chi connectivity index (χ3v) is 15.8. The summed E-state index contributed by atoms with van der Waals surface area (Å²) in [5.74, 6) is 0.840. The van der Waals surface area contributed by atoms with E-state index in [2.05, 4.69) is 21.8 Å². The number of carbonyl (C=O) groups is 1. The van der Waals surface area contributed by atoms with Crippen LogP contribution in [0, 0.1) is 19.7 Å². The first-order valence-electron chi connectivity index (χ1n) is 24.1. The molecule has 382 valence electrons. The highest BCUT2D eigenvalue weighted by atomic mass is 35.5. The molecule has 0 N–H and O–H groups in total. The van der Waals surface area contributed by atoms with E-state index in [1.165, 1.54) is 29.8 Å². The number of hydrogen-bond acceptors (Lipinski definition) is 14. The average molecular weight is 1070 g/mol. The van der Waals surface area contributed by atoms with Gasteiger partial charge in [0, 0.05) is 73.1 Å². The predicted octanol–water partition coefficient (Wildman–Crippen LogP) is 12.0. The van der Waals surface area contributed by atoms with Crippen LogP contribution in [0.25, 0.3) is 43.2 Å². The molecule has 4 aromatic carbocycles. The number of rotatable bonds is 10. The summed E-state index contributed by atoms with van der Waals surface area (Å²) < 4.78 is 60.3. The van der Waals surface area contributed by atoms with Gasteiger partial charge in [-0.1, -0.05) is 53.5 Å². The number of hydrogen-bond donors (Lipinski definition) is 0. The minimum absolute atomic E-state index is 0.0387. The van der Waals surface area contributed by atoms with Gasteiger partial charge in [0.05, 0.1) is 28.3 Å². The Morgan fingerprint density at radius 1 is 0.904 bits per heavy atom. The quantitative estimate of drug-likeness (QED) is 0.0949. The molecule has 18 heteroatoms. The number of fused-ring (bicyclic) bond motifs is 7. The highest BCUT2D eigenvalue weighted by molar-refractivity contribution is 7.61. The van der Waals surface area contributed by atoms with Crippen LogP contribution in [0.15, 0.2) is 85.3 Å². The van der Waals surface area contributed by atoms with Crippen LogP contribution in [-0.4, -0.2) is 113 Å². The number of esters is 1. The molecule has 3 aliphatic heterocycles. The zero-order chi connectivity index (χ0) is 51.8. The van der Waals surface area contributed by atoms with E-state index in [4.69, 9.17) is 61.8 Å². The third-order valence-electron chi connectivity index (χ3n) is 12.6. The van der Waals surface area contributed by atoms with Crippen LogP contribution in [0.2, 0.25) is 10.0 Å². The van der Waals surface area contributed by atoms with E-state index < -0.39 is 30.9 Å². The molecule has 3 aromatic heterocycles. The first kappa shape index (κ1) is 52.2. The monoisotopic (exact) mass is 1070 g/mol. The molecule has 4 bridgehead atoms. The van der Waals surface area contributed by atoms with Gasteiger partial charge in [-0.15, -0.1) is 11.3 Å². The molecule has 3 aliphatic rings. The lowest BCUT2D eigenvalue weighted by atomic mass is 9.92. The minimum Gasteiger partial charge on any atom is -0.490 e. The third kappa shape index (κ3) is 12.3. The van der Waals surface area contributed by atoms with Gasteiger partial charge >= 0.3 is 5.97 Å². The Labute approximate surface area is 439 Å². The molecule has 6 heterocycles. The maximum Gasteiger partial charge on any atom is 0.348 e. The fraction of sp³-hybridized carbons (Fsp3) is 0.364. The molecule has 2 atom stereocenters. The zero-order valence-corrected chi connectivity index (χ0v) is 45.4. The van der Waals surface area contributed by atoms with Crippen LogP contribution >= 0.6 is 41.7 Å². The summed E-state index contributed by atoms with van der Waals surface area (Å²) in [4.78, 5) is 39.4. The molecule has 1 saturated heterocycles. The number of ether oxygens (including phenoxy) is 5. The largest absolute Gasteiger partial charge is 0.490 e. The number of piperazine rings is 1. The van der Waals surface area contributed by atoms with Crippen molar-refractivity contribution < 1.29 is 37.4 Å². The van der Waals surface area contributed by atoms with Crippen LogP contribution in [0.3, 0.4) is 0 Å². The Morgan fingerprint density at radius 2 is 1.64 bits per heavy atom. The minimum atomic E-state index is -2.32. The smallest absolute Gasteiger partial charge is 0.348 e. The predicted molar refractivity (Wildman–Crippen MR) is 287 cm³/mol. The molecule has 1 fully saturated rings. The molecule has 13 nitrogen and oxygen atoms in total. The van der Waals surface area contributed by atoms with E-state index in [0.29, 0.717) is 95.1 Å². The lowest BCUT2D eigenvalue weighted by Crippen LogP contribution is -2.49. The number of thiophene rings is 1. The summed E-state index contributed by atoms with van der Waals surface area (Å²) in [5, 5.41) is 1.12. The van der Waals surface area contributed by atoms with Crippen molar-refractivity contribution in [3.8, 4) is 56.1 Å². The summed E-state index contributed by atoms with van der Waals surface area (Å²) in [6, 6.07) is 21.2. The second-order valence-electron chi connectivity index (χ2n) is 20.1. The van der Waals surface area contributed by atoms with Gasteiger partial charge in [-0.05, 0) is 125 Å². The highest BCUT2D eigenvalue weighted by Crippen LogP contribution is 2.53. The van der Waals surface area contributed by atoms with E-state index in [9.17, 15) is 13.8 Å². The van der Waals surface area contributed by atoms with Crippen molar-refractivity contribution in [3.05, 3.63) is 129 Å². The van der Waals surface area contributed by atoms with E-state index in [0.717, 1.165) is 42.2 Å². The Morgan fingerprint density at radius 3 is 2.36 bits per heavy atom. The SMILES string of the molecule is Cc1c(Cl)c2c(Cl)c(C)c1-c1c(-c3ccc(F)cc3)sc3ncnc(c13)O[C@@H](C(=O)OC(C)(C)C)Cc1cc(ccc1OCc1ccnc(-c3cccc(CP(C)(C)=O)c3)n1)OC[C@@H](CN1CCN(C)CC1)O2. The van der Waals surface area contributed by atoms with Crippen molar-refractivity contribution in [2.24, 2.45) is 0 Å². The van der Waals surface area contributed by atoms with Gasteiger partial charge in [0.2, 0.25) is 12.0 Å². The first-order valence-corrected chi connectivity index (χ1v) is 28.5. The maximum absolute atomic E-state index is 14.6. The van der Waals surface area contributed by atoms with Crippen LogP contribution in [0.4, 0.5) is 4.39 Å². The summed E-state index contributed by atoms with van der Waals surface area (Å²) in [6.45, 7) is 16.9. The van der Waals surface area contributed by atoms with E-state index in [-0.39, 0.29) is 31.3 Å². The molecule has 7 aromatic rings. The van der Waals surface area contributed by atoms with Crippen molar-refractivity contribution >= 4 is 57.9 Å². The summed E-state index contributed by atoms with van der Waals surface area (Å²) in [7, 11) is -0.205. The van der Waals surface area contributed by atoms with Crippen molar-refractivity contribution in [1.82, 2.24) is 29.7 Å². The van der Waals surface area contributed by atoms with Gasteiger partial charge in [-0.25, -0.2) is 29.1 Å². The molecule has 10 rings (SSSR count). The summed E-state index contributed by atoms with van der Waals surface area (Å²) >= 11 is 16.2. The molecular weight excluding hydrogens is 1010 g/mol.